The summed E-state index contributed by atoms with van der Waals surface area (Å²) >= 11 is 0. The van der Waals surface area contributed by atoms with Crippen LogP contribution in [0.3, 0.4) is 0 Å². The highest BCUT2D eigenvalue weighted by Gasteiger charge is 2.30. The molecule has 2 N–H and O–H groups in total. The smallest absolute Gasteiger partial charge is 0.306 e. The SMILES string of the molecule is Cc1cc(C(=O)N[C@H]2CC[C@@H](C(=O)O)C2)c(C)nn1. The van der Waals surface area contributed by atoms with E-state index in [1.165, 1.54) is 0 Å². The van der Waals surface area contributed by atoms with Gasteiger partial charge in [0.15, 0.2) is 0 Å². The number of nitrogens with zero attached hydrogens (tertiary/aromatic N) is 2. The number of nitrogens with one attached hydrogen (secondary N) is 1. The van der Waals surface area contributed by atoms with Gasteiger partial charge in [-0.05, 0) is 39.2 Å². The number of rotatable bonds is 3. The fourth-order valence-electron chi connectivity index (χ4n) is 2.38. The van der Waals surface area contributed by atoms with Crippen LogP contribution in [0.15, 0.2) is 6.07 Å². The molecule has 102 valence electrons. The van der Waals surface area contributed by atoms with Crippen molar-refractivity contribution in [2.45, 2.75) is 39.2 Å². The van der Waals surface area contributed by atoms with Crippen LogP contribution in [-0.4, -0.2) is 33.2 Å². The lowest BCUT2D eigenvalue weighted by Crippen LogP contribution is -2.34. The number of hydrogen-bond donors (Lipinski definition) is 2. The lowest BCUT2D eigenvalue weighted by atomic mass is 10.1. The molecule has 0 aromatic carbocycles. The zero-order valence-corrected chi connectivity index (χ0v) is 11.0. The van der Waals surface area contributed by atoms with E-state index in [-0.39, 0.29) is 17.9 Å². The van der Waals surface area contributed by atoms with Crippen LogP contribution in [0.1, 0.15) is 41.0 Å². The van der Waals surface area contributed by atoms with Gasteiger partial charge < -0.3 is 10.4 Å². The molecule has 1 aromatic rings. The number of aromatic nitrogens is 2. The monoisotopic (exact) mass is 263 g/mol. The Morgan fingerprint density at radius 3 is 2.68 bits per heavy atom. The maximum Gasteiger partial charge on any atom is 0.306 e. The number of hydrogen-bond acceptors (Lipinski definition) is 4. The Bertz CT molecular complexity index is 516. The molecular weight excluding hydrogens is 246 g/mol. The summed E-state index contributed by atoms with van der Waals surface area (Å²) in [5.41, 5.74) is 1.77. The summed E-state index contributed by atoms with van der Waals surface area (Å²) in [6, 6.07) is 1.63. The average Bonchev–Trinajstić information content (AvgIpc) is 2.80. The summed E-state index contributed by atoms with van der Waals surface area (Å²) in [6.07, 6.45) is 1.82. The number of carbonyl (C=O) groups excluding carboxylic acids is 1. The molecule has 1 amide bonds. The first-order valence-corrected chi connectivity index (χ1v) is 6.32. The number of aliphatic carboxylic acids is 1. The highest BCUT2D eigenvalue weighted by atomic mass is 16.4. The van der Waals surface area contributed by atoms with Gasteiger partial charge in [0, 0.05) is 6.04 Å². The van der Waals surface area contributed by atoms with Gasteiger partial charge in [-0.2, -0.15) is 10.2 Å². The Morgan fingerprint density at radius 2 is 2.05 bits per heavy atom. The van der Waals surface area contributed by atoms with E-state index in [2.05, 4.69) is 15.5 Å². The number of amides is 1. The lowest BCUT2D eigenvalue weighted by Gasteiger charge is -2.13. The minimum atomic E-state index is -0.783. The van der Waals surface area contributed by atoms with Crippen LogP contribution in [-0.2, 0) is 4.79 Å². The first-order valence-electron chi connectivity index (χ1n) is 6.32. The highest BCUT2D eigenvalue weighted by Crippen LogP contribution is 2.25. The topological polar surface area (TPSA) is 92.2 Å². The number of carbonyl (C=O) groups is 2. The molecule has 0 radical (unpaired) electrons. The van der Waals surface area contributed by atoms with Gasteiger partial charge in [-0.1, -0.05) is 0 Å². The summed E-state index contributed by atoms with van der Waals surface area (Å²) in [6.45, 7) is 3.51. The van der Waals surface area contributed by atoms with Gasteiger partial charge in [-0.3, -0.25) is 9.59 Å². The lowest BCUT2D eigenvalue weighted by molar-refractivity contribution is -0.141. The standard InChI is InChI=1S/C13H17N3O3/c1-7-5-11(8(2)16-15-7)12(17)14-10-4-3-9(6-10)13(18)19/h5,9-10H,3-4,6H2,1-2H3,(H,14,17)(H,18,19)/t9-,10+/m1/s1. The Balaban J connectivity index is 2.02. The largest absolute Gasteiger partial charge is 0.481 e. The summed E-state index contributed by atoms with van der Waals surface area (Å²) in [5, 5.41) is 19.6. The molecule has 0 saturated heterocycles. The number of aryl methyl sites for hydroxylation is 2. The van der Waals surface area contributed by atoms with Crippen LogP contribution in [0.2, 0.25) is 0 Å². The zero-order valence-electron chi connectivity index (χ0n) is 11.0. The molecule has 1 aliphatic rings. The summed E-state index contributed by atoms with van der Waals surface area (Å²) in [4.78, 5) is 23.0. The highest BCUT2D eigenvalue weighted by molar-refractivity contribution is 5.95. The van der Waals surface area contributed by atoms with Crippen molar-refractivity contribution in [1.82, 2.24) is 15.5 Å². The van der Waals surface area contributed by atoms with Crippen molar-refractivity contribution in [1.29, 1.82) is 0 Å². The second-order valence-electron chi connectivity index (χ2n) is 5.00. The quantitative estimate of drug-likeness (QED) is 0.851. The minimum absolute atomic E-state index is 0.0681. The van der Waals surface area contributed by atoms with E-state index in [4.69, 9.17) is 5.11 Å². The first kappa shape index (κ1) is 13.5. The molecule has 1 saturated carbocycles. The van der Waals surface area contributed by atoms with Crippen molar-refractivity contribution >= 4 is 11.9 Å². The summed E-state index contributed by atoms with van der Waals surface area (Å²) in [5.74, 6) is -1.33. The second-order valence-corrected chi connectivity index (χ2v) is 5.00. The van der Waals surface area contributed by atoms with E-state index in [0.717, 1.165) is 0 Å². The van der Waals surface area contributed by atoms with E-state index in [0.29, 0.717) is 36.2 Å². The average molecular weight is 263 g/mol. The number of carboxylic acid groups (broad SMARTS) is 1. The molecule has 1 aliphatic carbocycles. The van der Waals surface area contributed by atoms with E-state index in [1.54, 1.807) is 19.9 Å². The third-order valence-electron chi connectivity index (χ3n) is 3.46. The van der Waals surface area contributed by atoms with E-state index in [1.807, 2.05) is 0 Å². The molecule has 6 nitrogen and oxygen atoms in total. The third-order valence-corrected chi connectivity index (χ3v) is 3.46. The maximum absolute atomic E-state index is 12.1. The molecule has 1 heterocycles. The van der Waals surface area contributed by atoms with Crippen LogP contribution < -0.4 is 5.32 Å². The van der Waals surface area contributed by atoms with Gasteiger partial charge in [0.25, 0.3) is 5.91 Å². The second kappa shape index (κ2) is 5.34. The molecule has 6 heteroatoms. The van der Waals surface area contributed by atoms with Gasteiger partial charge >= 0.3 is 5.97 Å². The van der Waals surface area contributed by atoms with Gasteiger partial charge in [0.1, 0.15) is 0 Å². The fraction of sp³-hybridized carbons (Fsp3) is 0.538. The van der Waals surface area contributed by atoms with Gasteiger partial charge in [0.2, 0.25) is 0 Å². The molecule has 0 bridgehead atoms. The zero-order chi connectivity index (χ0) is 14.0. The molecule has 2 atom stereocenters. The predicted octanol–water partition coefficient (Wildman–Crippen LogP) is 1.08. The normalized spacial score (nSPS) is 22.2. The molecule has 0 spiro atoms. The Hall–Kier alpha value is -1.98. The molecule has 19 heavy (non-hydrogen) atoms. The van der Waals surface area contributed by atoms with Gasteiger partial charge in [-0.15, -0.1) is 0 Å². The Kier molecular flexibility index (Phi) is 3.78. The van der Waals surface area contributed by atoms with Gasteiger partial charge in [0.05, 0.1) is 22.9 Å². The van der Waals surface area contributed by atoms with Crippen LogP contribution in [0.25, 0.3) is 0 Å². The van der Waals surface area contributed by atoms with Crippen LogP contribution >= 0.6 is 0 Å². The summed E-state index contributed by atoms with van der Waals surface area (Å²) in [7, 11) is 0. The van der Waals surface area contributed by atoms with Crippen molar-refractivity contribution in [3.63, 3.8) is 0 Å². The van der Waals surface area contributed by atoms with Gasteiger partial charge in [-0.25, -0.2) is 0 Å². The maximum atomic E-state index is 12.1. The third kappa shape index (κ3) is 3.07. The van der Waals surface area contributed by atoms with Crippen LogP contribution in [0.5, 0.6) is 0 Å². The fourth-order valence-corrected chi connectivity index (χ4v) is 2.38. The molecule has 1 fully saturated rings. The molecule has 0 unspecified atom stereocenters. The van der Waals surface area contributed by atoms with E-state index < -0.39 is 5.97 Å². The van der Waals surface area contributed by atoms with E-state index in [9.17, 15) is 9.59 Å². The van der Waals surface area contributed by atoms with Crippen LogP contribution in [0, 0.1) is 19.8 Å². The Labute approximate surface area is 111 Å². The molecule has 2 rings (SSSR count). The van der Waals surface area contributed by atoms with Crippen molar-refractivity contribution in [2.75, 3.05) is 0 Å². The van der Waals surface area contributed by atoms with Crippen molar-refractivity contribution in [3.8, 4) is 0 Å². The predicted molar refractivity (Wildman–Crippen MR) is 67.7 cm³/mol. The number of carboxylic acids is 1. The van der Waals surface area contributed by atoms with Crippen molar-refractivity contribution < 1.29 is 14.7 Å². The molecule has 1 aromatic heterocycles. The van der Waals surface area contributed by atoms with Crippen molar-refractivity contribution in [3.05, 3.63) is 23.0 Å². The molecular formula is C13H17N3O3. The Morgan fingerprint density at radius 1 is 1.32 bits per heavy atom. The van der Waals surface area contributed by atoms with E-state index >= 15 is 0 Å². The molecule has 0 aliphatic heterocycles. The van der Waals surface area contributed by atoms with Crippen LogP contribution in [0.4, 0.5) is 0 Å². The summed E-state index contributed by atoms with van der Waals surface area (Å²) < 4.78 is 0. The van der Waals surface area contributed by atoms with Crippen molar-refractivity contribution in [2.24, 2.45) is 5.92 Å². The first-order chi connectivity index (χ1) is 8.97. The minimum Gasteiger partial charge on any atom is -0.481 e.